The fourth-order valence-corrected chi connectivity index (χ4v) is 1.64. The van der Waals surface area contributed by atoms with E-state index in [2.05, 4.69) is 32.3 Å². The van der Waals surface area contributed by atoms with Crippen molar-refractivity contribution in [3.63, 3.8) is 0 Å². The highest BCUT2D eigenvalue weighted by atomic mass is 16.5. The third-order valence-corrected chi connectivity index (χ3v) is 2.68. The molecule has 0 heterocycles. The lowest BCUT2D eigenvalue weighted by atomic mass is 10.0. The second-order valence-electron chi connectivity index (χ2n) is 5.26. The van der Waals surface area contributed by atoms with Gasteiger partial charge in [0, 0.05) is 38.4 Å². The largest absolute Gasteiger partial charge is 0.385 e. The van der Waals surface area contributed by atoms with E-state index >= 15 is 0 Å². The summed E-state index contributed by atoms with van der Waals surface area (Å²) >= 11 is 0. The predicted octanol–water partition coefficient (Wildman–Crippen LogP) is 2.03. The van der Waals surface area contributed by atoms with Crippen LogP contribution in [-0.4, -0.2) is 43.3 Å². The number of nitrogens with zero attached hydrogens (tertiary/aromatic N) is 1. The van der Waals surface area contributed by atoms with Gasteiger partial charge in [-0.3, -0.25) is 4.90 Å². The van der Waals surface area contributed by atoms with E-state index in [9.17, 15) is 0 Å². The Morgan fingerprint density at radius 3 is 2.50 bits per heavy atom. The molecular weight excluding hydrogens is 200 g/mol. The van der Waals surface area contributed by atoms with Crippen molar-refractivity contribution in [2.24, 2.45) is 5.73 Å². The van der Waals surface area contributed by atoms with Crippen molar-refractivity contribution in [1.82, 2.24) is 4.90 Å². The van der Waals surface area contributed by atoms with Crippen LogP contribution in [0.25, 0.3) is 0 Å². The number of hydrogen-bond acceptors (Lipinski definition) is 3. The fraction of sp³-hybridized carbons (Fsp3) is 0.846. The Bertz CT molecular complexity index is 187. The quantitative estimate of drug-likeness (QED) is 0.510. The van der Waals surface area contributed by atoms with E-state index < -0.39 is 0 Å². The van der Waals surface area contributed by atoms with E-state index in [0.717, 1.165) is 32.5 Å². The Kier molecular flexibility index (Phi) is 7.64. The minimum atomic E-state index is 0.146. The number of ether oxygens (including phenoxy) is 1. The van der Waals surface area contributed by atoms with Gasteiger partial charge in [-0.25, -0.2) is 0 Å². The molecule has 1 atom stereocenters. The second-order valence-corrected chi connectivity index (χ2v) is 5.26. The smallest absolute Gasteiger partial charge is 0.0462 e. The number of nitrogens with two attached hydrogens (primary N) is 1. The van der Waals surface area contributed by atoms with Gasteiger partial charge in [0.15, 0.2) is 0 Å². The predicted molar refractivity (Wildman–Crippen MR) is 70.6 cm³/mol. The van der Waals surface area contributed by atoms with Crippen LogP contribution in [0.5, 0.6) is 0 Å². The first-order valence-corrected chi connectivity index (χ1v) is 6.02. The molecule has 0 saturated heterocycles. The summed E-state index contributed by atoms with van der Waals surface area (Å²) in [5, 5.41) is 0. The lowest BCUT2D eigenvalue weighted by molar-refractivity contribution is 0.137. The summed E-state index contributed by atoms with van der Waals surface area (Å²) in [4.78, 5) is 2.36. The van der Waals surface area contributed by atoms with Gasteiger partial charge in [0.1, 0.15) is 0 Å². The first-order chi connectivity index (χ1) is 7.41. The van der Waals surface area contributed by atoms with E-state index in [4.69, 9.17) is 10.5 Å². The van der Waals surface area contributed by atoms with Crippen LogP contribution in [0.2, 0.25) is 0 Å². The molecular formula is C13H28N2O. The molecule has 96 valence electrons. The van der Waals surface area contributed by atoms with E-state index in [0.29, 0.717) is 0 Å². The molecule has 0 spiro atoms. The zero-order valence-corrected chi connectivity index (χ0v) is 11.3. The SMILES string of the molecule is C=CCN(CC(N)CCCOC)C(C)(C)C. The third kappa shape index (κ3) is 6.99. The van der Waals surface area contributed by atoms with Crippen molar-refractivity contribution in [3.05, 3.63) is 12.7 Å². The maximum Gasteiger partial charge on any atom is 0.0462 e. The molecule has 0 aromatic rings. The van der Waals surface area contributed by atoms with Crippen molar-refractivity contribution in [2.45, 2.75) is 45.2 Å². The average molecular weight is 228 g/mol. The van der Waals surface area contributed by atoms with Crippen molar-refractivity contribution in [2.75, 3.05) is 26.8 Å². The molecule has 0 radical (unpaired) electrons. The summed E-state index contributed by atoms with van der Waals surface area (Å²) < 4.78 is 5.03. The number of hydrogen-bond donors (Lipinski definition) is 1. The van der Waals surface area contributed by atoms with Crippen LogP contribution in [0.15, 0.2) is 12.7 Å². The van der Waals surface area contributed by atoms with E-state index in [1.807, 2.05) is 6.08 Å². The van der Waals surface area contributed by atoms with Gasteiger partial charge in [0.2, 0.25) is 0 Å². The molecule has 2 N–H and O–H groups in total. The molecule has 16 heavy (non-hydrogen) atoms. The third-order valence-electron chi connectivity index (χ3n) is 2.68. The highest BCUT2D eigenvalue weighted by Crippen LogP contribution is 2.14. The number of rotatable bonds is 8. The summed E-state index contributed by atoms with van der Waals surface area (Å²) in [5.74, 6) is 0. The van der Waals surface area contributed by atoms with Gasteiger partial charge >= 0.3 is 0 Å². The Morgan fingerprint density at radius 2 is 2.06 bits per heavy atom. The minimum Gasteiger partial charge on any atom is -0.385 e. The average Bonchev–Trinajstić information content (AvgIpc) is 2.16. The monoisotopic (exact) mass is 228 g/mol. The molecule has 0 rings (SSSR count). The molecule has 0 amide bonds. The molecule has 0 aliphatic rings. The fourth-order valence-electron chi connectivity index (χ4n) is 1.64. The highest BCUT2D eigenvalue weighted by Gasteiger charge is 2.21. The summed E-state index contributed by atoms with van der Waals surface area (Å²) in [6, 6.07) is 0.217. The second kappa shape index (κ2) is 7.82. The van der Waals surface area contributed by atoms with Gasteiger partial charge in [-0.15, -0.1) is 6.58 Å². The maximum atomic E-state index is 6.11. The standard InChI is InChI=1S/C13H28N2O/c1-6-9-15(13(2,3)4)11-12(14)8-7-10-16-5/h6,12H,1,7-11,14H2,2-5H3. The zero-order valence-electron chi connectivity index (χ0n) is 11.3. The van der Waals surface area contributed by atoms with Crippen LogP contribution >= 0.6 is 0 Å². The van der Waals surface area contributed by atoms with Crippen molar-refractivity contribution in [3.8, 4) is 0 Å². The molecule has 1 unspecified atom stereocenters. The van der Waals surface area contributed by atoms with Gasteiger partial charge < -0.3 is 10.5 Å². The van der Waals surface area contributed by atoms with Crippen LogP contribution in [0, 0.1) is 0 Å². The van der Waals surface area contributed by atoms with Crippen molar-refractivity contribution in [1.29, 1.82) is 0 Å². The van der Waals surface area contributed by atoms with Crippen LogP contribution in [0.3, 0.4) is 0 Å². The molecule has 0 aliphatic carbocycles. The Balaban J connectivity index is 4.03. The molecule has 0 aromatic heterocycles. The first kappa shape index (κ1) is 15.6. The molecule has 3 nitrogen and oxygen atoms in total. The van der Waals surface area contributed by atoms with E-state index in [1.165, 1.54) is 0 Å². The minimum absolute atomic E-state index is 0.146. The van der Waals surface area contributed by atoms with Gasteiger partial charge in [-0.1, -0.05) is 6.08 Å². The normalized spacial score (nSPS) is 14.1. The number of methoxy groups -OCH3 is 1. The van der Waals surface area contributed by atoms with Crippen LogP contribution in [0.4, 0.5) is 0 Å². The lowest BCUT2D eigenvalue weighted by Gasteiger charge is -2.36. The molecule has 3 heteroatoms. The van der Waals surface area contributed by atoms with E-state index in [1.54, 1.807) is 7.11 Å². The summed E-state index contributed by atoms with van der Waals surface area (Å²) in [6.45, 7) is 13.0. The first-order valence-electron chi connectivity index (χ1n) is 6.02. The van der Waals surface area contributed by atoms with Crippen LogP contribution in [-0.2, 0) is 4.74 Å². The van der Waals surface area contributed by atoms with Crippen molar-refractivity contribution < 1.29 is 4.74 Å². The van der Waals surface area contributed by atoms with Gasteiger partial charge in [-0.2, -0.15) is 0 Å². The van der Waals surface area contributed by atoms with Crippen LogP contribution in [0.1, 0.15) is 33.6 Å². The topological polar surface area (TPSA) is 38.5 Å². The Labute approximate surface area is 101 Å². The maximum absolute atomic E-state index is 6.11. The molecule has 0 saturated carbocycles. The van der Waals surface area contributed by atoms with Crippen molar-refractivity contribution >= 4 is 0 Å². The lowest BCUT2D eigenvalue weighted by Crippen LogP contribution is -2.47. The Hall–Kier alpha value is -0.380. The molecule has 0 bridgehead atoms. The zero-order chi connectivity index (χ0) is 12.6. The van der Waals surface area contributed by atoms with Gasteiger partial charge in [0.25, 0.3) is 0 Å². The summed E-state index contributed by atoms with van der Waals surface area (Å²) in [6.07, 6.45) is 3.98. The molecule has 0 aliphatic heterocycles. The molecule has 0 fully saturated rings. The molecule has 0 aromatic carbocycles. The van der Waals surface area contributed by atoms with E-state index in [-0.39, 0.29) is 11.6 Å². The van der Waals surface area contributed by atoms with Gasteiger partial charge in [0.05, 0.1) is 0 Å². The summed E-state index contributed by atoms with van der Waals surface area (Å²) in [7, 11) is 1.73. The van der Waals surface area contributed by atoms with Crippen LogP contribution < -0.4 is 5.73 Å². The highest BCUT2D eigenvalue weighted by molar-refractivity contribution is 4.85. The van der Waals surface area contributed by atoms with Gasteiger partial charge in [-0.05, 0) is 33.6 Å². The Morgan fingerprint density at radius 1 is 1.44 bits per heavy atom. The summed E-state index contributed by atoms with van der Waals surface area (Å²) in [5.41, 5.74) is 6.26.